The zero-order valence-corrected chi connectivity index (χ0v) is 16.1. The van der Waals surface area contributed by atoms with Gasteiger partial charge in [0.1, 0.15) is 23.8 Å². The van der Waals surface area contributed by atoms with Gasteiger partial charge in [-0.2, -0.15) is 0 Å². The molecular formula is C17H23FN6O2S. The highest BCUT2D eigenvalue weighted by Crippen LogP contribution is 2.37. The number of hydrogen-bond donors (Lipinski definition) is 0. The van der Waals surface area contributed by atoms with Crippen molar-refractivity contribution in [3.8, 4) is 0 Å². The van der Waals surface area contributed by atoms with E-state index in [1.165, 1.54) is 11.8 Å². The van der Waals surface area contributed by atoms with Gasteiger partial charge in [-0.25, -0.2) is 4.39 Å². The molecule has 5 atom stereocenters. The van der Waals surface area contributed by atoms with Gasteiger partial charge in [0.15, 0.2) is 0 Å². The summed E-state index contributed by atoms with van der Waals surface area (Å²) in [5.41, 5.74) is 17.9. The van der Waals surface area contributed by atoms with Crippen LogP contribution in [0.3, 0.4) is 0 Å². The van der Waals surface area contributed by atoms with Crippen LogP contribution in [0.15, 0.2) is 39.4 Å². The lowest BCUT2D eigenvalue weighted by Gasteiger charge is -2.41. The highest BCUT2D eigenvalue weighted by molar-refractivity contribution is 7.99. The number of hydrogen-bond acceptors (Lipinski definition) is 5. The molecule has 1 aromatic rings. The van der Waals surface area contributed by atoms with Crippen molar-refractivity contribution >= 4 is 11.8 Å². The monoisotopic (exact) mass is 394 g/mol. The second kappa shape index (κ2) is 11.0. The van der Waals surface area contributed by atoms with Crippen molar-refractivity contribution in [2.24, 2.45) is 10.2 Å². The van der Waals surface area contributed by atoms with E-state index in [1.54, 1.807) is 0 Å². The molecule has 0 N–H and O–H groups in total. The Labute approximate surface area is 161 Å². The van der Waals surface area contributed by atoms with Crippen LogP contribution in [-0.4, -0.2) is 43.0 Å². The van der Waals surface area contributed by atoms with Crippen LogP contribution in [0, 0.1) is 6.92 Å². The van der Waals surface area contributed by atoms with E-state index in [0.29, 0.717) is 6.61 Å². The van der Waals surface area contributed by atoms with Crippen molar-refractivity contribution in [2.45, 2.75) is 61.4 Å². The molecule has 0 unspecified atom stereocenters. The molecule has 1 heterocycles. The average molecular weight is 394 g/mol. The number of rotatable bonds is 9. The second-order valence-electron chi connectivity index (χ2n) is 6.22. The summed E-state index contributed by atoms with van der Waals surface area (Å²) in [6, 6.07) is 6.63. The van der Waals surface area contributed by atoms with Crippen molar-refractivity contribution < 1.29 is 13.9 Å². The SMILES string of the molecule is CCCCO[C@H]1[C@H](F)[C@@H](N=[N+]=[N-])[C@@H](Sc2ccc(C)cc2)O[C@@H]1CN=[N+]=[N-]. The Morgan fingerprint density at radius 1 is 1.26 bits per heavy atom. The second-order valence-corrected chi connectivity index (χ2v) is 7.39. The summed E-state index contributed by atoms with van der Waals surface area (Å²) in [6.07, 6.45) is -1.59. The predicted molar refractivity (Wildman–Crippen MR) is 102 cm³/mol. The maximum absolute atomic E-state index is 15.2. The minimum absolute atomic E-state index is 0.0539. The molecule has 1 fully saturated rings. The van der Waals surface area contributed by atoms with Gasteiger partial charge in [-0.3, -0.25) is 0 Å². The van der Waals surface area contributed by atoms with Gasteiger partial charge in [0.05, 0.1) is 12.6 Å². The summed E-state index contributed by atoms with van der Waals surface area (Å²) in [6.45, 7) is 4.28. The van der Waals surface area contributed by atoms with Crippen molar-refractivity contribution in [3.63, 3.8) is 0 Å². The van der Waals surface area contributed by atoms with Crippen LogP contribution in [-0.2, 0) is 9.47 Å². The number of alkyl halides is 1. The third kappa shape index (κ3) is 6.02. The molecule has 0 aromatic heterocycles. The number of benzene rings is 1. The lowest BCUT2D eigenvalue weighted by molar-refractivity contribution is -0.153. The van der Waals surface area contributed by atoms with Crippen molar-refractivity contribution in [2.75, 3.05) is 13.2 Å². The molecule has 146 valence electrons. The quantitative estimate of drug-likeness (QED) is 0.244. The summed E-state index contributed by atoms with van der Waals surface area (Å²) in [5.74, 6) is 0. The fourth-order valence-electron chi connectivity index (χ4n) is 2.73. The van der Waals surface area contributed by atoms with E-state index in [1.807, 2.05) is 38.1 Å². The number of nitrogens with zero attached hydrogens (tertiary/aromatic N) is 6. The van der Waals surface area contributed by atoms with Gasteiger partial charge >= 0.3 is 0 Å². The van der Waals surface area contributed by atoms with E-state index in [0.717, 1.165) is 23.3 Å². The Morgan fingerprint density at radius 3 is 2.63 bits per heavy atom. The minimum Gasteiger partial charge on any atom is -0.372 e. The molecule has 27 heavy (non-hydrogen) atoms. The number of halogens is 1. The van der Waals surface area contributed by atoms with E-state index in [4.69, 9.17) is 20.5 Å². The summed E-state index contributed by atoms with van der Waals surface area (Å²) in [7, 11) is 0. The summed E-state index contributed by atoms with van der Waals surface area (Å²) in [5, 5.41) is 7.16. The lowest BCUT2D eigenvalue weighted by Crippen LogP contribution is -2.56. The van der Waals surface area contributed by atoms with Gasteiger partial charge < -0.3 is 9.47 Å². The van der Waals surface area contributed by atoms with Crippen LogP contribution in [0.1, 0.15) is 25.3 Å². The van der Waals surface area contributed by atoms with Gasteiger partial charge in [0.2, 0.25) is 0 Å². The van der Waals surface area contributed by atoms with Crippen LogP contribution in [0.4, 0.5) is 4.39 Å². The zero-order chi connectivity index (χ0) is 19.6. The molecule has 0 radical (unpaired) electrons. The topological polar surface area (TPSA) is 116 Å². The van der Waals surface area contributed by atoms with E-state index < -0.39 is 29.9 Å². The molecule has 1 saturated heterocycles. The van der Waals surface area contributed by atoms with E-state index in [-0.39, 0.29) is 6.54 Å². The average Bonchev–Trinajstić information content (AvgIpc) is 2.67. The summed E-state index contributed by atoms with van der Waals surface area (Å²) < 4.78 is 26.8. The minimum atomic E-state index is -1.56. The molecule has 1 aliphatic heterocycles. The first-order valence-corrected chi connectivity index (χ1v) is 9.68. The molecule has 0 saturated carbocycles. The van der Waals surface area contributed by atoms with E-state index >= 15 is 4.39 Å². The number of thioether (sulfide) groups is 1. The Balaban J connectivity index is 2.22. The zero-order valence-electron chi connectivity index (χ0n) is 15.3. The third-order valence-corrected chi connectivity index (χ3v) is 5.35. The molecule has 10 heteroatoms. The standard InChI is InChI=1S/C17H23FN6O2S/c1-3-4-9-25-16-13(10-21-23-19)26-17(15(14(16)18)22-24-20)27-12-7-5-11(2)6-8-12/h5-8,13-17H,3-4,9-10H2,1-2H3/t13-,14-,15-,16-,17-/m1/s1. The van der Waals surface area contributed by atoms with E-state index in [9.17, 15) is 0 Å². The largest absolute Gasteiger partial charge is 0.372 e. The Morgan fingerprint density at radius 2 is 2.00 bits per heavy atom. The summed E-state index contributed by atoms with van der Waals surface area (Å²) in [4.78, 5) is 6.39. The number of aryl methyl sites for hydroxylation is 1. The predicted octanol–water partition coefficient (Wildman–Crippen LogP) is 5.32. The molecule has 0 bridgehead atoms. The van der Waals surface area contributed by atoms with Crippen molar-refractivity contribution in [3.05, 3.63) is 50.7 Å². The smallest absolute Gasteiger partial charge is 0.141 e. The van der Waals surface area contributed by atoms with Crippen molar-refractivity contribution in [1.29, 1.82) is 0 Å². The first-order valence-electron chi connectivity index (χ1n) is 8.80. The fraction of sp³-hybridized carbons (Fsp3) is 0.647. The Hall–Kier alpha value is -1.96. The van der Waals surface area contributed by atoms with Crippen LogP contribution in [0.5, 0.6) is 0 Å². The molecule has 2 rings (SSSR count). The number of unbranched alkanes of at least 4 members (excludes halogenated alkanes) is 1. The summed E-state index contributed by atoms with van der Waals surface area (Å²) >= 11 is 1.28. The van der Waals surface area contributed by atoms with Gasteiger partial charge in [-0.15, -0.1) is 0 Å². The number of azide groups is 2. The normalized spacial score (nSPS) is 27.4. The molecule has 8 nitrogen and oxygen atoms in total. The molecule has 1 aromatic carbocycles. The van der Waals surface area contributed by atoms with Gasteiger partial charge in [0.25, 0.3) is 0 Å². The van der Waals surface area contributed by atoms with Crippen LogP contribution < -0.4 is 0 Å². The van der Waals surface area contributed by atoms with Crippen LogP contribution in [0.2, 0.25) is 0 Å². The first kappa shape index (κ1) is 21.3. The van der Waals surface area contributed by atoms with E-state index in [2.05, 4.69) is 20.1 Å². The maximum Gasteiger partial charge on any atom is 0.141 e. The lowest BCUT2D eigenvalue weighted by atomic mass is 9.99. The van der Waals surface area contributed by atoms with Crippen molar-refractivity contribution in [1.82, 2.24) is 0 Å². The van der Waals surface area contributed by atoms with Gasteiger partial charge in [-0.05, 0) is 36.5 Å². The van der Waals surface area contributed by atoms with Gasteiger partial charge in [0, 0.05) is 21.3 Å². The Bertz CT molecular complexity index is 691. The highest BCUT2D eigenvalue weighted by atomic mass is 32.2. The molecule has 1 aliphatic rings. The number of ether oxygens (including phenoxy) is 2. The fourth-order valence-corrected chi connectivity index (χ4v) is 3.84. The maximum atomic E-state index is 15.2. The highest BCUT2D eigenvalue weighted by Gasteiger charge is 2.46. The van der Waals surface area contributed by atoms with Gasteiger partial charge in [-0.1, -0.05) is 53.0 Å². The van der Waals surface area contributed by atoms with Crippen LogP contribution in [0.25, 0.3) is 20.9 Å². The molecular weight excluding hydrogens is 371 g/mol. The Kier molecular flexibility index (Phi) is 8.71. The molecule has 0 aliphatic carbocycles. The molecule has 0 spiro atoms. The third-order valence-electron chi connectivity index (χ3n) is 4.19. The molecule has 0 amide bonds. The van der Waals surface area contributed by atoms with Crippen LogP contribution >= 0.6 is 11.8 Å². The first-order chi connectivity index (χ1) is 13.1.